The van der Waals surface area contributed by atoms with Gasteiger partial charge in [-0.15, -0.1) is 11.8 Å². The van der Waals surface area contributed by atoms with E-state index in [9.17, 15) is 4.79 Å². The molecule has 0 fully saturated rings. The summed E-state index contributed by atoms with van der Waals surface area (Å²) < 4.78 is 0. The van der Waals surface area contributed by atoms with Gasteiger partial charge in [0, 0.05) is 5.92 Å². The summed E-state index contributed by atoms with van der Waals surface area (Å²) in [5.41, 5.74) is 0. The van der Waals surface area contributed by atoms with E-state index in [1.54, 1.807) is 11.8 Å². The van der Waals surface area contributed by atoms with E-state index >= 15 is 0 Å². The van der Waals surface area contributed by atoms with Crippen LogP contribution in [-0.4, -0.2) is 16.7 Å². The first-order valence-electron chi connectivity index (χ1n) is 4.02. The minimum Gasteiger partial charge on any atom is -0.272 e. The van der Waals surface area contributed by atoms with Gasteiger partial charge in [0.05, 0.1) is 10.8 Å². The van der Waals surface area contributed by atoms with Crippen LogP contribution in [0.25, 0.3) is 0 Å². The van der Waals surface area contributed by atoms with Crippen LogP contribution in [0.5, 0.6) is 0 Å². The zero-order valence-electron chi connectivity index (χ0n) is 6.96. The number of carbonyl (C=O) groups excluding carboxylic acids is 1. The van der Waals surface area contributed by atoms with Crippen molar-refractivity contribution in [2.75, 3.05) is 5.75 Å². The highest BCUT2D eigenvalue weighted by Crippen LogP contribution is 2.23. The summed E-state index contributed by atoms with van der Waals surface area (Å²) in [6.07, 6.45) is 2.19. The van der Waals surface area contributed by atoms with Crippen molar-refractivity contribution in [3.8, 4) is 0 Å². The van der Waals surface area contributed by atoms with E-state index in [1.807, 2.05) is 0 Å². The third kappa shape index (κ3) is 2.06. The molecule has 0 aromatic heterocycles. The van der Waals surface area contributed by atoms with E-state index in [2.05, 4.69) is 18.8 Å². The van der Waals surface area contributed by atoms with Gasteiger partial charge >= 0.3 is 0 Å². The van der Waals surface area contributed by atoms with Crippen molar-refractivity contribution in [2.24, 2.45) is 10.9 Å². The molecule has 62 valence electrons. The number of amides is 1. The molecule has 0 aromatic rings. The van der Waals surface area contributed by atoms with Gasteiger partial charge in [0.15, 0.2) is 0 Å². The van der Waals surface area contributed by atoms with Crippen molar-refractivity contribution in [2.45, 2.75) is 26.7 Å². The van der Waals surface area contributed by atoms with Gasteiger partial charge in [0.1, 0.15) is 0 Å². The standard InChI is InChI=1S/C8H13NOS/c1-3-6(4-2)8-9-7(10)5-11-8/h6H,3-5H2,1-2H3. The lowest BCUT2D eigenvalue weighted by Crippen LogP contribution is -2.06. The Morgan fingerprint density at radius 1 is 1.55 bits per heavy atom. The van der Waals surface area contributed by atoms with E-state index in [0.29, 0.717) is 11.7 Å². The monoisotopic (exact) mass is 171 g/mol. The second-order valence-corrected chi connectivity index (χ2v) is 3.64. The molecule has 0 N–H and O–H groups in total. The van der Waals surface area contributed by atoms with E-state index in [0.717, 1.165) is 17.9 Å². The Hall–Kier alpha value is -0.310. The topological polar surface area (TPSA) is 29.4 Å². The van der Waals surface area contributed by atoms with Crippen molar-refractivity contribution in [3.63, 3.8) is 0 Å². The molecule has 0 aromatic carbocycles. The molecule has 1 amide bonds. The SMILES string of the molecule is CCC(CC)C1=NC(=O)CS1. The summed E-state index contributed by atoms with van der Waals surface area (Å²) in [6, 6.07) is 0. The van der Waals surface area contributed by atoms with Gasteiger partial charge in [0.2, 0.25) is 0 Å². The maximum absolute atomic E-state index is 10.8. The van der Waals surface area contributed by atoms with Crippen molar-refractivity contribution in [1.29, 1.82) is 0 Å². The fourth-order valence-corrected chi connectivity index (χ4v) is 2.24. The molecule has 1 aliphatic heterocycles. The number of rotatable bonds is 3. The molecule has 3 heteroatoms. The normalized spacial score (nSPS) is 17.7. The van der Waals surface area contributed by atoms with Crippen molar-refractivity contribution in [1.82, 2.24) is 0 Å². The molecule has 0 radical (unpaired) electrons. The predicted molar refractivity (Wildman–Crippen MR) is 49.0 cm³/mol. The number of aliphatic imine (C=N–C) groups is 1. The van der Waals surface area contributed by atoms with E-state index in [-0.39, 0.29) is 5.91 Å². The Balaban J connectivity index is 2.58. The molecule has 1 heterocycles. The Kier molecular flexibility index (Phi) is 3.12. The van der Waals surface area contributed by atoms with Gasteiger partial charge in [-0.1, -0.05) is 13.8 Å². The highest BCUT2D eigenvalue weighted by atomic mass is 32.2. The van der Waals surface area contributed by atoms with Gasteiger partial charge in [-0.2, -0.15) is 0 Å². The lowest BCUT2D eigenvalue weighted by molar-refractivity contribution is -0.115. The lowest BCUT2D eigenvalue weighted by atomic mass is 10.1. The summed E-state index contributed by atoms with van der Waals surface area (Å²) in [4.78, 5) is 14.8. The molecule has 0 unspecified atom stereocenters. The van der Waals surface area contributed by atoms with Crippen LogP contribution in [0.3, 0.4) is 0 Å². The molecule has 0 spiro atoms. The zero-order chi connectivity index (χ0) is 8.27. The van der Waals surface area contributed by atoms with Crippen molar-refractivity contribution < 1.29 is 4.79 Å². The Morgan fingerprint density at radius 2 is 2.18 bits per heavy atom. The minimum atomic E-state index is 0.0388. The lowest BCUT2D eigenvalue weighted by Gasteiger charge is -2.09. The van der Waals surface area contributed by atoms with E-state index in [1.165, 1.54) is 0 Å². The Labute approximate surface area is 71.5 Å². The number of hydrogen-bond acceptors (Lipinski definition) is 2. The quantitative estimate of drug-likeness (QED) is 0.650. The Morgan fingerprint density at radius 3 is 2.55 bits per heavy atom. The van der Waals surface area contributed by atoms with Crippen LogP contribution in [0, 0.1) is 5.92 Å². The number of carbonyl (C=O) groups is 1. The van der Waals surface area contributed by atoms with Crippen molar-refractivity contribution in [3.05, 3.63) is 0 Å². The van der Waals surface area contributed by atoms with Crippen LogP contribution in [0.15, 0.2) is 4.99 Å². The van der Waals surface area contributed by atoms with Crippen LogP contribution in [0.2, 0.25) is 0 Å². The molecule has 1 aliphatic rings. The molecule has 0 atom stereocenters. The molecule has 1 rings (SSSR count). The molecule has 0 saturated carbocycles. The molecule has 0 aliphatic carbocycles. The Bertz CT molecular complexity index is 185. The summed E-state index contributed by atoms with van der Waals surface area (Å²) in [5, 5.41) is 1.06. The van der Waals surface area contributed by atoms with Gasteiger partial charge < -0.3 is 0 Å². The van der Waals surface area contributed by atoms with E-state index < -0.39 is 0 Å². The molecule has 0 bridgehead atoms. The third-order valence-electron chi connectivity index (χ3n) is 1.91. The van der Waals surface area contributed by atoms with Crippen LogP contribution < -0.4 is 0 Å². The molecular formula is C8H13NOS. The summed E-state index contributed by atoms with van der Waals surface area (Å²) in [7, 11) is 0. The maximum atomic E-state index is 10.8. The molecular weight excluding hydrogens is 158 g/mol. The highest BCUT2D eigenvalue weighted by Gasteiger charge is 2.20. The minimum absolute atomic E-state index is 0.0388. The molecule has 11 heavy (non-hydrogen) atoms. The highest BCUT2D eigenvalue weighted by molar-refractivity contribution is 8.15. The fourth-order valence-electron chi connectivity index (χ4n) is 1.17. The van der Waals surface area contributed by atoms with Crippen LogP contribution in [0.1, 0.15) is 26.7 Å². The maximum Gasteiger partial charge on any atom is 0.256 e. The van der Waals surface area contributed by atoms with Crippen LogP contribution in [-0.2, 0) is 4.79 Å². The average molecular weight is 171 g/mol. The summed E-state index contributed by atoms with van der Waals surface area (Å²) in [6.45, 7) is 4.28. The summed E-state index contributed by atoms with van der Waals surface area (Å²) in [5.74, 6) is 1.12. The fraction of sp³-hybridized carbons (Fsp3) is 0.750. The first-order valence-corrected chi connectivity index (χ1v) is 5.00. The average Bonchev–Trinajstić information content (AvgIpc) is 2.39. The predicted octanol–water partition coefficient (Wildman–Crippen LogP) is 2.09. The van der Waals surface area contributed by atoms with E-state index in [4.69, 9.17) is 0 Å². The molecule has 0 saturated heterocycles. The first kappa shape index (κ1) is 8.78. The van der Waals surface area contributed by atoms with Crippen LogP contribution >= 0.6 is 11.8 Å². The number of nitrogens with zero attached hydrogens (tertiary/aromatic N) is 1. The van der Waals surface area contributed by atoms with Gasteiger partial charge in [-0.25, -0.2) is 4.99 Å². The largest absolute Gasteiger partial charge is 0.272 e. The van der Waals surface area contributed by atoms with Crippen molar-refractivity contribution >= 4 is 22.7 Å². The summed E-state index contributed by atoms with van der Waals surface area (Å²) >= 11 is 1.61. The molecule has 2 nitrogen and oxygen atoms in total. The van der Waals surface area contributed by atoms with Crippen LogP contribution in [0.4, 0.5) is 0 Å². The second kappa shape index (κ2) is 3.90. The third-order valence-corrected chi connectivity index (χ3v) is 3.02. The first-order chi connectivity index (χ1) is 5.27. The second-order valence-electron chi connectivity index (χ2n) is 2.65. The number of hydrogen-bond donors (Lipinski definition) is 0. The number of thioether (sulfide) groups is 1. The van der Waals surface area contributed by atoms with Gasteiger partial charge in [-0.3, -0.25) is 4.79 Å². The zero-order valence-corrected chi connectivity index (χ0v) is 7.78. The van der Waals surface area contributed by atoms with Gasteiger partial charge in [-0.05, 0) is 12.8 Å². The smallest absolute Gasteiger partial charge is 0.256 e. The van der Waals surface area contributed by atoms with Gasteiger partial charge in [0.25, 0.3) is 5.91 Å².